The molecule has 2 aromatic rings. The number of Topliss-reactive ketones (excluding diaryl/α,β-unsaturated/α-hetero) is 1. The summed E-state index contributed by atoms with van der Waals surface area (Å²) in [7, 11) is 0. The molecular weight excluding hydrogens is 350 g/mol. The Morgan fingerprint density at radius 2 is 1.93 bits per heavy atom. The van der Waals surface area contributed by atoms with E-state index in [2.05, 4.69) is 0 Å². The lowest BCUT2D eigenvalue weighted by molar-refractivity contribution is -0.384. The van der Waals surface area contributed by atoms with Crippen LogP contribution in [0.25, 0.3) is 6.08 Å². The van der Waals surface area contributed by atoms with Crippen molar-refractivity contribution in [2.75, 3.05) is 0 Å². The van der Waals surface area contributed by atoms with E-state index in [-0.39, 0.29) is 29.1 Å². The molecule has 2 aliphatic rings. The van der Waals surface area contributed by atoms with E-state index in [1.165, 1.54) is 18.2 Å². The molecule has 7 heteroatoms. The highest BCUT2D eigenvalue weighted by Crippen LogP contribution is 2.40. The number of esters is 1. The second kappa shape index (κ2) is 6.35. The summed E-state index contributed by atoms with van der Waals surface area (Å²) in [6.07, 6.45) is 3.22. The van der Waals surface area contributed by atoms with Crippen molar-refractivity contribution in [1.82, 2.24) is 0 Å². The highest BCUT2D eigenvalue weighted by Gasteiger charge is 2.34. The van der Waals surface area contributed by atoms with Crippen LogP contribution >= 0.6 is 0 Å². The van der Waals surface area contributed by atoms with E-state index in [0.717, 1.165) is 12.8 Å². The van der Waals surface area contributed by atoms with E-state index >= 15 is 0 Å². The van der Waals surface area contributed by atoms with Crippen LogP contribution in [0.4, 0.5) is 5.69 Å². The van der Waals surface area contributed by atoms with Crippen LogP contribution in [0.15, 0.2) is 42.2 Å². The SMILES string of the molecule is Cc1c(OC(=O)C2CC2)ccc2c1O/C(=C\c1ccc([N+](=O)[O-])cc1)C2=O. The first kappa shape index (κ1) is 17.0. The Labute approximate surface area is 154 Å². The smallest absolute Gasteiger partial charge is 0.314 e. The van der Waals surface area contributed by atoms with Crippen LogP contribution in [0.5, 0.6) is 11.5 Å². The van der Waals surface area contributed by atoms with Gasteiger partial charge in [0.1, 0.15) is 11.5 Å². The second-order valence-electron chi connectivity index (χ2n) is 6.55. The van der Waals surface area contributed by atoms with E-state index in [1.807, 2.05) is 0 Å². The van der Waals surface area contributed by atoms with Crippen LogP contribution in [-0.4, -0.2) is 16.7 Å². The van der Waals surface area contributed by atoms with Gasteiger partial charge in [0.15, 0.2) is 5.76 Å². The zero-order valence-corrected chi connectivity index (χ0v) is 14.4. The third-order valence-electron chi connectivity index (χ3n) is 4.56. The van der Waals surface area contributed by atoms with Crippen LogP contribution < -0.4 is 9.47 Å². The predicted octanol–water partition coefficient (Wildman–Crippen LogP) is 3.83. The molecule has 0 bridgehead atoms. The van der Waals surface area contributed by atoms with Crippen molar-refractivity contribution in [1.29, 1.82) is 0 Å². The minimum Gasteiger partial charge on any atom is -0.452 e. The van der Waals surface area contributed by atoms with E-state index in [9.17, 15) is 19.7 Å². The first-order valence-corrected chi connectivity index (χ1v) is 8.48. The molecule has 1 fully saturated rings. The Balaban J connectivity index is 1.60. The van der Waals surface area contributed by atoms with Crippen LogP contribution in [0, 0.1) is 23.0 Å². The number of allylic oxidation sites excluding steroid dienone is 1. The number of hydrogen-bond donors (Lipinski definition) is 0. The largest absolute Gasteiger partial charge is 0.452 e. The maximum atomic E-state index is 12.6. The van der Waals surface area contributed by atoms with Crippen molar-refractivity contribution in [2.45, 2.75) is 19.8 Å². The number of rotatable bonds is 4. The molecule has 0 N–H and O–H groups in total. The Morgan fingerprint density at radius 3 is 2.56 bits per heavy atom. The quantitative estimate of drug-likeness (QED) is 0.269. The van der Waals surface area contributed by atoms with Gasteiger partial charge < -0.3 is 9.47 Å². The number of nitrogens with zero attached hydrogens (tertiary/aromatic N) is 1. The van der Waals surface area contributed by atoms with Gasteiger partial charge in [0.05, 0.1) is 16.4 Å². The molecule has 136 valence electrons. The molecule has 1 saturated carbocycles. The molecule has 0 radical (unpaired) electrons. The zero-order valence-electron chi connectivity index (χ0n) is 14.4. The topological polar surface area (TPSA) is 95.7 Å². The summed E-state index contributed by atoms with van der Waals surface area (Å²) in [4.78, 5) is 34.7. The number of carbonyl (C=O) groups excluding carboxylic acids is 2. The number of nitro benzene ring substituents is 1. The Hall–Kier alpha value is -3.48. The van der Waals surface area contributed by atoms with E-state index in [4.69, 9.17) is 9.47 Å². The molecule has 0 saturated heterocycles. The molecule has 1 aliphatic heterocycles. The zero-order chi connectivity index (χ0) is 19.1. The molecule has 0 amide bonds. The number of hydrogen-bond acceptors (Lipinski definition) is 6. The lowest BCUT2D eigenvalue weighted by atomic mass is 10.1. The maximum absolute atomic E-state index is 12.6. The van der Waals surface area contributed by atoms with Crippen LogP contribution in [0.1, 0.15) is 34.3 Å². The fourth-order valence-electron chi connectivity index (χ4n) is 2.83. The van der Waals surface area contributed by atoms with Gasteiger partial charge in [-0.15, -0.1) is 0 Å². The van der Waals surface area contributed by atoms with Gasteiger partial charge in [-0.3, -0.25) is 19.7 Å². The summed E-state index contributed by atoms with van der Waals surface area (Å²) in [5.74, 6) is 0.297. The number of carbonyl (C=O) groups is 2. The first-order valence-electron chi connectivity index (χ1n) is 8.48. The fraction of sp³-hybridized carbons (Fsp3) is 0.200. The summed E-state index contributed by atoms with van der Waals surface area (Å²) < 4.78 is 11.1. The van der Waals surface area contributed by atoms with Crippen molar-refractivity contribution in [3.8, 4) is 11.5 Å². The molecule has 1 aliphatic carbocycles. The normalized spacial score (nSPS) is 16.8. The minimum atomic E-state index is -0.488. The first-order chi connectivity index (χ1) is 12.9. The number of nitro groups is 1. The number of ketones is 1. The van der Waals surface area contributed by atoms with Gasteiger partial charge in [-0.05, 0) is 55.7 Å². The predicted molar refractivity (Wildman–Crippen MR) is 95.6 cm³/mol. The van der Waals surface area contributed by atoms with Gasteiger partial charge >= 0.3 is 5.97 Å². The highest BCUT2D eigenvalue weighted by atomic mass is 16.6. The summed E-state index contributed by atoms with van der Waals surface area (Å²) >= 11 is 0. The molecule has 0 aromatic heterocycles. The lowest BCUT2D eigenvalue weighted by Gasteiger charge is -2.09. The van der Waals surface area contributed by atoms with Crippen molar-refractivity contribution in [3.63, 3.8) is 0 Å². The van der Waals surface area contributed by atoms with Crippen molar-refractivity contribution >= 4 is 23.5 Å². The Kier molecular flexibility index (Phi) is 3.99. The van der Waals surface area contributed by atoms with Crippen LogP contribution in [0.3, 0.4) is 0 Å². The third kappa shape index (κ3) is 3.19. The molecule has 2 aromatic carbocycles. The number of ether oxygens (including phenoxy) is 2. The molecular formula is C20H15NO6. The summed E-state index contributed by atoms with van der Waals surface area (Å²) in [6.45, 7) is 1.73. The summed E-state index contributed by atoms with van der Waals surface area (Å²) in [6, 6.07) is 8.99. The number of non-ortho nitro benzene ring substituents is 1. The van der Waals surface area contributed by atoms with E-state index in [1.54, 1.807) is 31.2 Å². The molecule has 27 heavy (non-hydrogen) atoms. The van der Waals surface area contributed by atoms with Gasteiger partial charge in [0, 0.05) is 17.7 Å². The standard InChI is InChI=1S/C20H15NO6/c1-11-16(27-20(23)13-4-5-13)9-8-15-18(22)17(26-19(11)15)10-12-2-6-14(7-3-12)21(24)25/h2-3,6-10,13H,4-5H2,1H3/b17-10-. The maximum Gasteiger partial charge on any atom is 0.314 e. The van der Waals surface area contributed by atoms with Crippen LogP contribution in [-0.2, 0) is 4.79 Å². The van der Waals surface area contributed by atoms with Gasteiger partial charge in [-0.1, -0.05) is 0 Å². The van der Waals surface area contributed by atoms with Crippen LogP contribution in [0.2, 0.25) is 0 Å². The second-order valence-corrected chi connectivity index (χ2v) is 6.55. The average Bonchev–Trinajstić information content (AvgIpc) is 3.45. The van der Waals surface area contributed by atoms with E-state index < -0.39 is 4.92 Å². The van der Waals surface area contributed by atoms with Gasteiger partial charge in [-0.2, -0.15) is 0 Å². The minimum absolute atomic E-state index is 0.0298. The average molecular weight is 365 g/mol. The third-order valence-corrected chi connectivity index (χ3v) is 4.56. The Morgan fingerprint density at radius 1 is 1.22 bits per heavy atom. The van der Waals surface area contributed by atoms with E-state index in [0.29, 0.717) is 28.2 Å². The van der Waals surface area contributed by atoms with Gasteiger partial charge in [0.25, 0.3) is 5.69 Å². The van der Waals surface area contributed by atoms with Gasteiger partial charge in [0.2, 0.25) is 5.78 Å². The Bertz CT molecular complexity index is 1000. The molecule has 1 heterocycles. The lowest BCUT2D eigenvalue weighted by Crippen LogP contribution is -2.10. The summed E-state index contributed by atoms with van der Waals surface area (Å²) in [5, 5.41) is 10.7. The van der Waals surface area contributed by atoms with Crippen molar-refractivity contribution in [3.05, 3.63) is 69.0 Å². The summed E-state index contributed by atoms with van der Waals surface area (Å²) in [5.41, 5.74) is 1.56. The molecule has 7 nitrogen and oxygen atoms in total. The van der Waals surface area contributed by atoms with Crippen molar-refractivity contribution < 1.29 is 24.0 Å². The number of fused-ring (bicyclic) bond motifs is 1. The molecule has 0 spiro atoms. The molecule has 4 rings (SSSR count). The monoisotopic (exact) mass is 365 g/mol. The molecule has 0 atom stereocenters. The fourth-order valence-corrected chi connectivity index (χ4v) is 2.83. The highest BCUT2D eigenvalue weighted by molar-refractivity contribution is 6.15. The number of benzene rings is 2. The molecule has 0 unspecified atom stereocenters. The van der Waals surface area contributed by atoms with Gasteiger partial charge in [-0.25, -0.2) is 0 Å². The van der Waals surface area contributed by atoms with Crippen molar-refractivity contribution in [2.24, 2.45) is 5.92 Å².